The van der Waals surface area contributed by atoms with Gasteiger partial charge < -0.3 is 14.0 Å². The Balaban J connectivity index is 1.87. The number of hydrogen-bond acceptors (Lipinski definition) is 4. The molecule has 2 aromatic carbocycles. The summed E-state index contributed by atoms with van der Waals surface area (Å²) in [5.41, 5.74) is 0.233. The van der Waals surface area contributed by atoms with Gasteiger partial charge in [-0.05, 0) is 42.5 Å². The molecule has 1 atom stereocenters. The van der Waals surface area contributed by atoms with E-state index in [9.17, 15) is 21.6 Å². The number of ether oxygens (including phenoxy) is 2. The topological polar surface area (TPSA) is 60.8 Å². The zero-order valence-electron chi connectivity index (χ0n) is 17.3. The fourth-order valence-corrected chi connectivity index (χ4v) is 5.57. The van der Waals surface area contributed by atoms with Gasteiger partial charge in [-0.3, -0.25) is 0 Å². The summed E-state index contributed by atoms with van der Waals surface area (Å²) in [7, 11) is -1.30. The molecule has 1 unspecified atom stereocenters. The van der Waals surface area contributed by atoms with Crippen LogP contribution in [0.3, 0.4) is 0 Å². The second-order valence-electron chi connectivity index (χ2n) is 7.28. The number of fused-ring (bicyclic) bond motifs is 1. The molecule has 32 heavy (non-hydrogen) atoms. The predicted molar refractivity (Wildman–Crippen MR) is 111 cm³/mol. The van der Waals surface area contributed by atoms with Crippen molar-refractivity contribution >= 4 is 10.0 Å². The monoisotopic (exact) mass is 466 g/mol. The molecule has 3 aromatic rings. The number of sulfonamides is 1. The van der Waals surface area contributed by atoms with Gasteiger partial charge in [0.15, 0.2) is 0 Å². The first kappa shape index (κ1) is 22.2. The largest absolute Gasteiger partial charge is 0.497 e. The van der Waals surface area contributed by atoms with E-state index >= 15 is 0 Å². The molecule has 6 nitrogen and oxygen atoms in total. The third kappa shape index (κ3) is 3.84. The van der Waals surface area contributed by atoms with E-state index in [1.165, 1.54) is 24.6 Å². The van der Waals surface area contributed by atoms with Gasteiger partial charge in [0.2, 0.25) is 10.0 Å². The highest BCUT2D eigenvalue weighted by molar-refractivity contribution is 7.89. The smallest absolute Gasteiger partial charge is 0.416 e. The van der Waals surface area contributed by atoms with Crippen molar-refractivity contribution in [3.63, 3.8) is 0 Å². The molecule has 0 spiro atoms. The summed E-state index contributed by atoms with van der Waals surface area (Å²) in [4.78, 5) is -0.412. The maximum Gasteiger partial charge on any atom is 0.416 e. The SMILES string of the molecule is COc1ccc(C2c3cccn3CCN2S(=O)(=O)c2cccc(C(F)(F)F)c2)c(OC)c1. The van der Waals surface area contributed by atoms with E-state index in [1.807, 2.05) is 10.8 Å². The van der Waals surface area contributed by atoms with Crippen LogP contribution in [0.2, 0.25) is 0 Å². The number of alkyl halides is 3. The molecule has 0 aliphatic carbocycles. The van der Waals surface area contributed by atoms with Gasteiger partial charge >= 0.3 is 6.18 Å². The molecule has 1 aliphatic heterocycles. The fraction of sp³-hybridized carbons (Fsp3) is 0.273. The molecule has 0 amide bonds. The molecule has 0 saturated carbocycles. The van der Waals surface area contributed by atoms with Crippen molar-refractivity contribution in [2.24, 2.45) is 0 Å². The highest BCUT2D eigenvalue weighted by Gasteiger charge is 2.40. The van der Waals surface area contributed by atoms with E-state index < -0.39 is 32.7 Å². The summed E-state index contributed by atoms with van der Waals surface area (Å²) in [6.07, 6.45) is -2.81. The lowest BCUT2D eigenvalue weighted by molar-refractivity contribution is -0.137. The maximum atomic E-state index is 13.6. The number of rotatable bonds is 5. The lowest BCUT2D eigenvalue weighted by Gasteiger charge is -2.37. The van der Waals surface area contributed by atoms with E-state index in [4.69, 9.17) is 9.47 Å². The van der Waals surface area contributed by atoms with Gasteiger partial charge in [0.25, 0.3) is 0 Å². The Morgan fingerprint density at radius 1 is 0.969 bits per heavy atom. The molecule has 4 rings (SSSR count). The molecule has 0 fully saturated rings. The molecule has 170 valence electrons. The predicted octanol–water partition coefficient (Wildman–Crippen LogP) is 4.32. The van der Waals surface area contributed by atoms with Crippen LogP contribution in [-0.4, -0.2) is 38.1 Å². The van der Waals surface area contributed by atoms with Crippen LogP contribution in [-0.2, 0) is 22.7 Å². The Hall–Kier alpha value is -2.98. The minimum absolute atomic E-state index is 0.0834. The first-order valence-electron chi connectivity index (χ1n) is 9.73. The lowest BCUT2D eigenvalue weighted by Crippen LogP contribution is -2.42. The number of aromatic nitrogens is 1. The minimum Gasteiger partial charge on any atom is -0.497 e. The third-order valence-corrected chi connectivity index (χ3v) is 7.36. The van der Waals surface area contributed by atoms with Gasteiger partial charge in [-0.25, -0.2) is 8.42 Å². The van der Waals surface area contributed by atoms with Crippen molar-refractivity contribution in [3.05, 3.63) is 77.6 Å². The van der Waals surface area contributed by atoms with Crippen molar-refractivity contribution in [2.45, 2.75) is 23.7 Å². The Morgan fingerprint density at radius 2 is 1.75 bits per heavy atom. The minimum atomic E-state index is -4.65. The number of benzene rings is 2. The number of halogens is 3. The Kier molecular flexibility index (Phi) is 5.68. The van der Waals surface area contributed by atoms with Crippen LogP contribution in [0.4, 0.5) is 13.2 Å². The van der Waals surface area contributed by atoms with Crippen LogP contribution in [0, 0.1) is 0 Å². The van der Waals surface area contributed by atoms with E-state index in [1.54, 1.807) is 30.3 Å². The lowest BCUT2D eigenvalue weighted by atomic mass is 10.0. The molecular weight excluding hydrogens is 445 g/mol. The highest BCUT2D eigenvalue weighted by Crippen LogP contribution is 2.42. The molecular formula is C22H21F3N2O4S. The van der Waals surface area contributed by atoms with Crippen LogP contribution >= 0.6 is 0 Å². The zero-order chi connectivity index (χ0) is 23.1. The Labute approximate surface area is 183 Å². The van der Waals surface area contributed by atoms with Gasteiger partial charge in [0, 0.05) is 36.6 Å². The standard InChI is InChI=1S/C22H21F3N2O4S/c1-30-16-8-9-18(20(14-16)31-2)21-19-7-4-10-26(19)11-12-27(21)32(28,29)17-6-3-5-15(13-17)22(23,24)25/h3-10,13-14,21H,11-12H2,1-2H3. The second-order valence-corrected chi connectivity index (χ2v) is 9.17. The van der Waals surface area contributed by atoms with E-state index in [-0.39, 0.29) is 6.54 Å². The first-order chi connectivity index (χ1) is 15.2. The van der Waals surface area contributed by atoms with Crippen LogP contribution in [0.15, 0.2) is 65.7 Å². The molecule has 1 aromatic heterocycles. The van der Waals surface area contributed by atoms with Crippen molar-refractivity contribution in [1.29, 1.82) is 0 Å². The fourth-order valence-electron chi connectivity index (χ4n) is 3.95. The molecule has 0 N–H and O–H groups in total. The Morgan fingerprint density at radius 3 is 2.44 bits per heavy atom. The van der Waals surface area contributed by atoms with Crippen molar-refractivity contribution < 1.29 is 31.1 Å². The van der Waals surface area contributed by atoms with Crippen molar-refractivity contribution in [2.75, 3.05) is 20.8 Å². The number of hydrogen-bond donors (Lipinski definition) is 0. The first-order valence-corrected chi connectivity index (χ1v) is 11.2. The summed E-state index contributed by atoms with van der Waals surface area (Å²) < 4.78 is 80.7. The van der Waals surface area contributed by atoms with Crippen LogP contribution in [0.5, 0.6) is 11.5 Å². The normalized spacial score (nSPS) is 17.1. The van der Waals surface area contributed by atoms with Gasteiger partial charge in [-0.1, -0.05) is 6.07 Å². The molecule has 10 heteroatoms. The van der Waals surface area contributed by atoms with Gasteiger partial charge in [0.1, 0.15) is 11.5 Å². The number of nitrogens with zero attached hydrogens (tertiary/aromatic N) is 2. The van der Waals surface area contributed by atoms with Crippen LogP contribution in [0.25, 0.3) is 0 Å². The van der Waals surface area contributed by atoms with Crippen molar-refractivity contribution in [3.8, 4) is 11.5 Å². The summed E-state index contributed by atoms with van der Waals surface area (Å²) in [6.45, 7) is 0.454. The van der Waals surface area contributed by atoms with Crippen LogP contribution < -0.4 is 9.47 Å². The van der Waals surface area contributed by atoms with Crippen molar-refractivity contribution in [1.82, 2.24) is 8.87 Å². The Bertz CT molecular complexity index is 1240. The van der Waals surface area contributed by atoms with Gasteiger partial charge in [-0.2, -0.15) is 17.5 Å². The average Bonchev–Trinajstić information content (AvgIpc) is 3.26. The van der Waals surface area contributed by atoms with Gasteiger partial charge in [0.05, 0.1) is 30.7 Å². The third-order valence-electron chi connectivity index (χ3n) is 5.50. The van der Waals surface area contributed by atoms with E-state index in [0.29, 0.717) is 35.4 Å². The average molecular weight is 466 g/mol. The molecule has 0 bridgehead atoms. The van der Waals surface area contributed by atoms with Crippen LogP contribution in [0.1, 0.15) is 22.9 Å². The van der Waals surface area contributed by atoms with E-state index in [2.05, 4.69) is 0 Å². The summed E-state index contributed by atoms with van der Waals surface area (Å²) in [6, 6.07) is 11.7. The molecule has 2 heterocycles. The molecule has 0 radical (unpaired) electrons. The summed E-state index contributed by atoms with van der Waals surface area (Å²) in [5.74, 6) is 0.942. The quantitative estimate of drug-likeness (QED) is 0.562. The highest BCUT2D eigenvalue weighted by atomic mass is 32.2. The number of methoxy groups -OCH3 is 2. The zero-order valence-corrected chi connectivity index (χ0v) is 18.2. The maximum absolute atomic E-state index is 13.6. The molecule has 0 saturated heterocycles. The summed E-state index contributed by atoms with van der Waals surface area (Å²) >= 11 is 0. The summed E-state index contributed by atoms with van der Waals surface area (Å²) in [5, 5.41) is 0. The van der Waals surface area contributed by atoms with E-state index in [0.717, 1.165) is 12.1 Å². The molecule has 1 aliphatic rings. The van der Waals surface area contributed by atoms with Gasteiger partial charge in [-0.15, -0.1) is 0 Å². The second kappa shape index (κ2) is 8.18.